The van der Waals surface area contributed by atoms with Gasteiger partial charge in [-0.3, -0.25) is 9.69 Å². The van der Waals surface area contributed by atoms with Crippen molar-refractivity contribution < 1.29 is 32.2 Å². The zero-order valence-electron chi connectivity index (χ0n) is 25.3. The normalized spacial score (nSPS) is 17.5. The SMILES string of the molecule is CC(C)c1ccccc1N1C(=O)CSC1=NC(=O)Nc1ccc(-c2nc(NC3CCOC3)n(-c3ccc(OC(F)(F)F)cc3)n2)cc1. The number of aliphatic imine (C=N–C) groups is 1. The Morgan fingerprint density at radius 1 is 1.09 bits per heavy atom. The molecule has 2 aliphatic heterocycles. The van der Waals surface area contributed by atoms with Gasteiger partial charge in [-0.25, -0.2) is 4.79 Å². The Balaban J connectivity index is 1.20. The summed E-state index contributed by atoms with van der Waals surface area (Å²) in [5.41, 5.74) is 3.25. The summed E-state index contributed by atoms with van der Waals surface area (Å²) < 4.78 is 48.9. The number of nitrogens with one attached hydrogen (secondary N) is 2. The number of hydrogen-bond acceptors (Lipinski definition) is 8. The van der Waals surface area contributed by atoms with E-state index in [1.807, 2.05) is 38.1 Å². The Morgan fingerprint density at radius 3 is 2.51 bits per heavy atom. The van der Waals surface area contributed by atoms with E-state index >= 15 is 0 Å². The van der Waals surface area contributed by atoms with Crippen molar-refractivity contribution in [2.24, 2.45) is 4.99 Å². The number of halogens is 3. The van der Waals surface area contributed by atoms with Gasteiger partial charge in [0.2, 0.25) is 11.9 Å². The van der Waals surface area contributed by atoms with Gasteiger partial charge in [-0.05, 0) is 72.5 Å². The highest BCUT2D eigenvalue weighted by molar-refractivity contribution is 8.15. The van der Waals surface area contributed by atoms with Crippen LogP contribution >= 0.6 is 11.8 Å². The van der Waals surface area contributed by atoms with Crippen molar-refractivity contribution in [2.45, 2.75) is 38.6 Å². The summed E-state index contributed by atoms with van der Waals surface area (Å²) in [6, 6.07) is 19.0. The monoisotopic (exact) mass is 665 g/mol. The first-order valence-electron chi connectivity index (χ1n) is 14.8. The molecule has 1 aromatic heterocycles. The number of alkyl halides is 3. The van der Waals surface area contributed by atoms with Crippen LogP contribution < -0.4 is 20.3 Å². The summed E-state index contributed by atoms with van der Waals surface area (Å²) in [6.45, 7) is 5.15. The predicted octanol–water partition coefficient (Wildman–Crippen LogP) is 6.83. The second-order valence-electron chi connectivity index (χ2n) is 11.1. The van der Waals surface area contributed by atoms with Gasteiger partial charge in [-0.2, -0.15) is 14.7 Å². The zero-order chi connectivity index (χ0) is 33.1. The van der Waals surface area contributed by atoms with Crippen LogP contribution in [-0.2, 0) is 9.53 Å². The molecule has 2 N–H and O–H groups in total. The van der Waals surface area contributed by atoms with E-state index in [4.69, 9.17) is 4.74 Å². The first-order valence-corrected chi connectivity index (χ1v) is 15.7. The number of carbonyl (C=O) groups is 2. The lowest BCUT2D eigenvalue weighted by Crippen LogP contribution is -2.31. The number of urea groups is 1. The number of para-hydroxylation sites is 1. The fraction of sp³-hybridized carbons (Fsp3) is 0.281. The van der Waals surface area contributed by atoms with E-state index in [0.29, 0.717) is 52.8 Å². The minimum Gasteiger partial charge on any atom is -0.406 e. The molecule has 2 saturated heterocycles. The number of amidine groups is 1. The van der Waals surface area contributed by atoms with Crippen LogP contribution in [0, 0.1) is 0 Å². The second kappa shape index (κ2) is 13.5. The maximum atomic E-state index is 12.9. The van der Waals surface area contributed by atoms with Crippen LogP contribution in [0.25, 0.3) is 17.1 Å². The molecule has 3 heterocycles. The summed E-state index contributed by atoms with van der Waals surface area (Å²) in [4.78, 5) is 36.0. The molecule has 0 bridgehead atoms. The summed E-state index contributed by atoms with van der Waals surface area (Å²) in [5.74, 6) is 0.588. The van der Waals surface area contributed by atoms with Crippen molar-refractivity contribution in [2.75, 3.05) is 34.5 Å². The summed E-state index contributed by atoms with van der Waals surface area (Å²) in [6.07, 6.45) is -4.04. The third-order valence-electron chi connectivity index (χ3n) is 7.34. The molecule has 1 atom stereocenters. The van der Waals surface area contributed by atoms with Crippen LogP contribution in [0.15, 0.2) is 77.8 Å². The van der Waals surface area contributed by atoms with Gasteiger partial charge in [0, 0.05) is 17.9 Å². The number of ether oxygens (including phenoxy) is 2. The van der Waals surface area contributed by atoms with Crippen molar-refractivity contribution in [1.82, 2.24) is 14.8 Å². The Labute approximate surface area is 272 Å². The molecule has 1 unspecified atom stereocenters. The zero-order valence-corrected chi connectivity index (χ0v) is 26.1. The molecule has 6 rings (SSSR count). The van der Waals surface area contributed by atoms with Gasteiger partial charge in [0.05, 0.1) is 29.8 Å². The summed E-state index contributed by atoms with van der Waals surface area (Å²) in [7, 11) is 0. The van der Waals surface area contributed by atoms with Gasteiger partial charge in [0.1, 0.15) is 5.75 Å². The molecule has 47 heavy (non-hydrogen) atoms. The van der Waals surface area contributed by atoms with Gasteiger partial charge < -0.3 is 20.1 Å². The topological polar surface area (TPSA) is 123 Å². The van der Waals surface area contributed by atoms with Crippen LogP contribution in [0.4, 0.5) is 35.3 Å². The van der Waals surface area contributed by atoms with Crippen LogP contribution in [-0.4, -0.2) is 63.2 Å². The highest BCUT2D eigenvalue weighted by atomic mass is 32.2. The number of amides is 3. The summed E-state index contributed by atoms with van der Waals surface area (Å²) in [5, 5.41) is 11.0. The fourth-order valence-electron chi connectivity index (χ4n) is 5.13. The Bertz CT molecular complexity index is 1790. The first kappa shape index (κ1) is 32.1. The molecule has 3 aromatic carbocycles. The second-order valence-corrected chi connectivity index (χ2v) is 12.0. The number of aromatic nitrogens is 3. The Hall–Kier alpha value is -4.89. The molecule has 2 fully saturated rings. The minimum absolute atomic E-state index is 0.0130. The number of hydrogen-bond donors (Lipinski definition) is 2. The molecule has 15 heteroatoms. The third-order valence-corrected chi connectivity index (χ3v) is 8.26. The van der Waals surface area contributed by atoms with Gasteiger partial charge in [-0.1, -0.05) is 43.8 Å². The van der Waals surface area contributed by atoms with Crippen LogP contribution in [0.5, 0.6) is 5.75 Å². The molecule has 2 aliphatic rings. The molecule has 0 spiro atoms. The third kappa shape index (κ3) is 7.58. The lowest BCUT2D eigenvalue weighted by Gasteiger charge is -2.21. The number of anilines is 3. The average Bonchev–Trinajstić information content (AvgIpc) is 3.78. The van der Waals surface area contributed by atoms with Gasteiger partial charge in [0.15, 0.2) is 11.0 Å². The first-order chi connectivity index (χ1) is 22.5. The van der Waals surface area contributed by atoms with Crippen molar-refractivity contribution >= 4 is 46.2 Å². The minimum atomic E-state index is -4.80. The molecule has 0 radical (unpaired) electrons. The molecule has 3 amide bonds. The average molecular weight is 666 g/mol. The summed E-state index contributed by atoms with van der Waals surface area (Å²) >= 11 is 1.20. The number of nitrogens with zero attached hydrogens (tertiary/aromatic N) is 5. The smallest absolute Gasteiger partial charge is 0.406 e. The van der Waals surface area contributed by atoms with Crippen molar-refractivity contribution in [3.05, 3.63) is 78.4 Å². The molecule has 4 aromatic rings. The lowest BCUT2D eigenvalue weighted by atomic mass is 10.0. The highest BCUT2D eigenvalue weighted by Gasteiger charge is 2.33. The largest absolute Gasteiger partial charge is 0.573 e. The quantitative estimate of drug-likeness (QED) is 0.210. The Kier molecular flexibility index (Phi) is 9.18. The van der Waals surface area contributed by atoms with E-state index in [1.165, 1.54) is 45.6 Å². The van der Waals surface area contributed by atoms with E-state index < -0.39 is 12.4 Å². The molecule has 0 saturated carbocycles. The molecule has 0 aliphatic carbocycles. The number of carbonyl (C=O) groups excluding carboxylic acids is 2. The van der Waals surface area contributed by atoms with Crippen molar-refractivity contribution in [3.8, 4) is 22.8 Å². The lowest BCUT2D eigenvalue weighted by molar-refractivity contribution is -0.274. The van der Waals surface area contributed by atoms with Gasteiger partial charge in [0.25, 0.3) is 0 Å². The van der Waals surface area contributed by atoms with E-state index in [1.54, 1.807) is 24.3 Å². The Morgan fingerprint density at radius 2 is 1.83 bits per heavy atom. The fourth-order valence-corrected chi connectivity index (χ4v) is 5.99. The van der Waals surface area contributed by atoms with E-state index in [-0.39, 0.29) is 29.4 Å². The van der Waals surface area contributed by atoms with E-state index in [2.05, 4.69) is 30.4 Å². The maximum Gasteiger partial charge on any atom is 0.573 e. The maximum absolute atomic E-state index is 12.9. The van der Waals surface area contributed by atoms with Crippen LogP contribution in [0.3, 0.4) is 0 Å². The number of thioether (sulfide) groups is 1. The van der Waals surface area contributed by atoms with Gasteiger partial charge >= 0.3 is 12.4 Å². The van der Waals surface area contributed by atoms with Crippen LogP contribution in [0.2, 0.25) is 0 Å². The van der Waals surface area contributed by atoms with Crippen molar-refractivity contribution in [3.63, 3.8) is 0 Å². The number of benzene rings is 3. The highest BCUT2D eigenvalue weighted by Crippen LogP contribution is 2.33. The predicted molar refractivity (Wildman–Crippen MR) is 173 cm³/mol. The van der Waals surface area contributed by atoms with E-state index in [9.17, 15) is 22.8 Å². The molecule has 11 nitrogen and oxygen atoms in total. The molecular formula is C32H30F3N7O4S. The molecular weight excluding hydrogens is 635 g/mol. The number of rotatable bonds is 8. The van der Waals surface area contributed by atoms with Crippen molar-refractivity contribution in [1.29, 1.82) is 0 Å². The molecule has 244 valence electrons. The standard InChI is InChI=1S/C32H30F3N7O4S/c1-19(2)25-5-3-4-6-26(25)41-27(43)18-47-31(41)39-30(44)37-21-9-7-20(8-10-21)28-38-29(36-22-15-16-45-17-22)42(40-28)23-11-13-24(14-12-23)46-32(33,34)35/h3-14,19,22H,15-18H2,1-2H3,(H,37,44)(H,36,38,40). The van der Waals surface area contributed by atoms with E-state index in [0.717, 1.165) is 12.0 Å². The van der Waals surface area contributed by atoms with Gasteiger partial charge in [-0.15, -0.1) is 18.3 Å². The van der Waals surface area contributed by atoms with Crippen LogP contribution in [0.1, 0.15) is 31.7 Å².